The van der Waals surface area contributed by atoms with Crippen LogP contribution in [0.4, 0.5) is 0 Å². The number of rotatable bonds is 1. The van der Waals surface area contributed by atoms with Crippen molar-refractivity contribution >= 4 is 17.1 Å². The summed E-state index contributed by atoms with van der Waals surface area (Å²) < 4.78 is 0. The number of fused-ring (bicyclic) bond motifs is 4. The zero-order valence-electron chi connectivity index (χ0n) is 16.8. The van der Waals surface area contributed by atoms with Crippen molar-refractivity contribution in [1.29, 1.82) is 0 Å². The van der Waals surface area contributed by atoms with Crippen molar-refractivity contribution < 1.29 is 9.90 Å². The first-order chi connectivity index (χ1) is 13.5. The lowest BCUT2D eigenvalue weighted by Crippen LogP contribution is -2.50. The summed E-state index contributed by atoms with van der Waals surface area (Å²) >= 11 is 1.83. The Kier molecular flexibility index (Phi) is 4.23. The third kappa shape index (κ3) is 2.47. The number of carbonyl (C=O) groups excluding carboxylic acids is 1. The van der Waals surface area contributed by atoms with E-state index in [2.05, 4.69) is 36.3 Å². The summed E-state index contributed by atoms with van der Waals surface area (Å²) in [5.41, 5.74) is 3.33. The van der Waals surface area contributed by atoms with Crippen LogP contribution in [-0.2, 0) is 4.79 Å². The molecule has 4 aliphatic rings. The quantitative estimate of drug-likeness (QED) is 0.650. The summed E-state index contributed by atoms with van der Waals surface area (Å²) in [6, 6.07) is 4.40. The summed E-state index contributed by atoms with van der Waals surface area (Å²) in [5, 5.41) is 13.7. The molecule has 1 aromatic heterocycles. The summed E-state index contributed by atoms with van der Waals surface area (Å²) in [6.45, 7) is 4.14. The number of carbonyl (C=O) groups is 1. The molecule has 28 heavy (non-hydrogen) atoms. The molecule has 5 atom stereocenters. The Morgan fingerprint density at radius 2 is 2.11 bits per heavy atom. The molecule has 0 aliphatic heterocycles. The van der Waals surface area contributed by atoms with Crippen LogP contribution in [0.25, 0.3) is 0 Å². The lowest BCUT2D eigenvalue weighted by Gasteiger charge is -2.53. The van der Waals surface area contributed by atoms with Crippen molar-refractivity contribution in [2.24, 2.45) is 17.3 Å². The van der Waals surface area contributed by atoms with E-state index in [4.69, 9.17) is 0 Å². The molecule has 0 saturated heterocycles. The molecule has 0 spiro atoms. The van der Waals surface area contributed by atoms with Gasteiger partial charge >= 0.3 is 0 Å². The van der Waals surface area contributed by atoms with Crippen LogP contribution in [0.15, 0.2) is 40.3 Å². The Labute approximate surface area is 171 Å². The Balaban J connectivity index is 1.69. The van der Waals surface area contributed by atoms with Crippen LogP contribution in [0, 0.1) is 29.1 Å². The van der Waals surface area contributed by atoms with Gasteiger partial charge in [0.25, 0.3) is 0 Å². The number of hydrogen-bond acceptors (Lipinski definition) is 3. The molecule has 2 nitrogen and oxygen atoms in total. The Morgan fingerprint density at radius 3 is 2.86 bits per heavy atom. The first kappa shape index (κ1) is 18.4. The molecule has 0 bridgehead atoms. The smallest absolute Gasteiger partial charge is 0.156 e. The van der Waals surface area contributed by atoms with Gasteiger partial charge in [0.05, 0.1) is 0 Å². The second-order valence-corrected chi connectivity index (χ2v) is 10.3. The average molecular weight is 393 g/mol. The normalized spacial score (nSPS) is 39.5. The van der Waals surface area contributed by atoms with E-state index in [0.29, 0.717) is 30.0 Å². The summed E-state index contributed by atoms with van der Waals surface area (Å²) in [6.07, 6.45) is 8.40. The van der Waals surface area contributed by atoms with E-state index in [1.807, 2.05) is 24.3 Å². The third-order valence-corrected chi connectivity index (χ3v) is 9.09. The topological polar surface area (TPSA) is 37.3 Å². The number of allylic oxidation sites excluding steroid dienone is 4. The number of hydrogen-bond donors (Lipinski definition) is 1. The average Bonchev–Trinajstić information content (AvgIpc) is 3.28. The number of aliphatic hydroxyl groups is 1. The first-order valence-corrected chi connectivity index (χ1v) is 11.5. The van der Waals surface area contributed by atoms with Crippen molar-refractivity contribution in [3.8, 4) is 11.8 Å². The third-order valence-electron chi connectivity index (χ3n) is 8.10. The van der Waals surface area contributed by atoms with Gasteiger partial charge in [0, 0.05) is 22.6 Å². The fraction of sp³-hybridized carbons (Fsp3) is 0.560. The van der Waals surface area contributed by atoms with Crippen LogP contribution < -0.4 is 0 Å². The zero-order chi connectivity index (χ0) is 19.5. The molecule has 2 saturated carbocycles. The molecule has 1 heterocycles. The van der Waals surface area contributed by atoms with Crippen molar-refractivity contribution in [3.63, 3.8) is 0 Å². The zero-order valence-corrected chi connectivity index (χ0v) is 17.6. The van der Waals surface area contributed by atoms with Crippen LogP contribution >= 0.6 is 11.3 Å². The maximum atomic E-state index is 12.0. The van der Waals surface area contributed by atoms with Crippen molar-refractivity contribution in [2.45, 2.75) is 70.3 Å². The van der Waals surface area contributed by atoms with Crippen molar-refractivity contribution in [1.82, 2.24) is 0 Å². The highest BCUT2D eigenvalue weighted by Gasteiger charge is 2.62. The molecule has 1 N–H and O–H groups in total. The highest BCUT2D eigenvalue weighted by molar-refractivity contribution is 7.10. The van der Waals surface area contributed by atoms with Gasteiger partial charge in [0.1, 0.15) is 5.60 Å². The van der Waals surface area contributed by atoms with Gasteiger partial charge in [-0.3, -0.25) is 4.79 Å². The molecule has 5 rings (SSSR count). The van der Waals surface area contributed by atoms with Gasteiger partial charge in [-0.1, -0.05) is 24.5 Å². The van der Waals surface area contributed by atoms with Gasteiger partial charge in [0.2, 0.25) is 0 Å². The largest absolute Gasteiger partial charge is 0.377 e. The van der Waals surface area contributed by atoms with Crippen LogP contribution in [0.3, 0.4) is 0 Å². The van der Waals surface area contributed by atoms with E-state index in [0.717, 1.165) is 38.5 Å². The lowest BCUT2D eigenvalue weighted by atomic mass is 9.52. The molecule has 1 aromatic rings. The van der Waals surface area contributed by atoms with Crippen LogP contribution in [-0.4, -0.2) is 16.5 Å². The minimum atomic E-state index is -0.878. The molecule has 146 valence electrons. The Bertz CT molecular complexity index is 941. The monoisotopic (exact) mass is 392 g/mol. The van der Waals surface area contributed by atoms with Gasteiger partial charge in [-0.15, -0.1) is 17.3 Å². The van der Waals surface area contributed by atoms with E-state index in [-0.39, 0.29) is 5.41 Å². The van der Waals surface area contributed by atoms with Crippen LogP contribution in [0.5, 0.6) is 0 Å². The predicted molar refractivity (Wildman–Crippen MR) is 113 cm³/mol. The van der Waals surface area contributed by atoms with Gasteiger partial charge in [-0.2, -0.15) is 0 Å². The molecule has 3 heteroatoms. The first-order valence-electron chi connectivity index (χ1n) is 10.6. The Hall–Kier alpha value is -1.63. The maximum Gasteiger partial charge on any atom is 0.156 e. The van der Waals surface area contributed by atoms with Gasteiger partial charge in [0.15, 0.2) is 5.78 Å². The lowest BCUT2D eigenvalue weighted by molar-refractivity contribution is -0.114. The van der Waals surface area contributed by atoms with Crippen LogP contribution in [0.2, 0.25) is 0 Å². The molecule has 0 unspecified atom stereocenters. The molecular weight excluding hydrogens is 364 g/mol. The van der Waals surface area contributed by atoms with E-state index < -0.39 is 5.60 Å². The van der Waals surface area contributed by atoms with E-state index in [1.165, 1.54) is 16.0 Å². The Morgan fingerprint density at radius 1 is 1.25 bits per heavy atom. The van der Waals surface area contributed by atoms with Gasteiger partial charge < -0.3 is 5.11 Å². The molecule has 4 aliphatic carbocycles. The second-order valence-electron chi connectivity index (χ2n) is 9.28. The number of ketones is 1. The van der Waals surface area contributed by atoms with Gasteiger partial charge in [-0.05, 0) is 86.0 Å². The highest BCUT2D eigenvalue weighted by atomic mass is 32.1. The van der Waals surface area contributed by atoms with Crippen molar-refractivity contribution in [3.05, 3.63) is 45.2 Å². The molecule has 0 aromatic carbocycles. The summed E-state index contributed by atoms with van der Waals surface area (Å²) in [4.78, 5) is 13.4. The predicted octanol–water partition coefficient (Wildman–Crippen LogP) is 5.40. The molecule has 2 fully saturated rings. The van der Waals surface area contributed by atoms with Crippen molar-refractivity contribution in [2.75, 3.05) is 0 Å². The van der Waals surface area contributed by atoms with E-state index in [9.17, 15) is 9.90 Å². The number of thiophene rings is 1. The van der Waals surface area contributed by atoms with E-state index in [1.54, 1.807) is 5.57 Å². The van der Waals surface area contributed by atoms with E-state index >= 15 is 0 Å². The summed E-state index contributed by atoms with van der Waals surface area (Å²) in [5.74, 6) is 7.88. The van der Waals surface area contributed by atoms with Crippen LogP contribution in [0.1, 0.15) is 69.6 Å². The minimum absolute atomic E-state index is 0.175. The highest BCUT2D eigenvalue weighted by Crippen LogP contribution is 2.66. The maximum absolute atomic E-state index is 12.0. The fourth-order valence-electron chi connectivity index (χ4n) is 6.82. The van der Waals surface area contributed by atoms with Gasteiger partial charge in [-0.25, -0.2) is 0 Å². The molecular formula is C25H28O2S. The molecule has 0 radical (unpaired) electrons. The second kappa shape index (κ2) is 6.44. The fourth-order valence-corrected chi connectivity index (χ4v) is 7.67. The standard InChI is InChI=1S/C25H28O2S/c1-3-11-25(27)12-10-21-19-8-6-16-14-17(26)7-9-18(16)23(19)20(15-24(21,25)2)22-5-4-13-28-22/h4-5,13-14,19-21,27H,6-10,12,15H2,1-2H3/t19-,20+,21-,24-,25-/m0/s1. The SMILES string of the molecule is CC#C[C@]1(O)CC[C@H]2[C@@H]3CCC4=CC(=O)CCC4=C3[C@@H](c3cccs3)C[C@@]21C. The minimum Gasteiger partial charge on any atom is -0.377 e. The molecule has 0 amide bonds. The summed E-state index contributed by atoms with van der Waals surface area (Å²) in [7, 11) is 0.